The van der Waals surface area contributed by atoms with Gasteiger partial charge in [-0.2, -0.15) is 5.26 Å². The Hall–Kier alpha value is -2.12. The summed E-state index contributed by atoms with van der Waals surface area (Å²) in [4.78, 5) is 11.4. The second-order valence-corrected chi connectivity index (χ2v) is 3.89. The molecule has 4 heteroatoms. The van der Waals surface area contributed by atoms with E-state index in [0.29, 0.717) is 12.2 Å². The first kappa shape index (κ1) is 13.9. The van der Waals surface area contributed by atoms with Crippen molar-refractivity contribution in [2.24, 2.45) is 0 Å². The fourth-order valence-corrected chi connectivity index (χ4v) is 1.29. The van der Waals surface area contributed by atoms with E-state index in [1.165, 1.54) is 0 Å². The maximum Gasteiger partial charge on any atom is 0.246 e. The quantitative estimate of drug-likeness (QED) is 0.776. The molecule has 94 valence electrons. The van der Waals surface area contributed by atoms with E-state index in [1.807, 2.05) is 25.1 Å². The summed E-state index contributed by atoms with van der Waals surface area (Å²) >= 11 is 0. The Morgan fingerprint density at radius 1 is 1.56 bits per heavy atom. The number of nitrogens with one attached hydrogen (secondary N) is 1. The minimum atomic E-state index is -0.170. The lowest BCUT2D eigenvalue weighted by Gasteiger charge is -2.09. The number of ether oxygens (including phenoxy) is 1. The Balaban J connectivity index is 2.31. The third-order valence-electron chi connectivity index (χ3n) is 2.33. The summed E-state index contributed by atoms with van der Waals surface area (Å²) in [7, 11) is 0. The van der Waals surface area contributed by atoms with Gasteiger partial charge < -0.3 is 10.1 Å². The SMILES string of the molecule is C=CC(C)NC(=O)COCc1ccc(C#N)cc1. The first-order valence-corrected chi connectivity index (χ1v) is 5.64. The summed E-state index contributed by atoms with van der Waals surface area (Å²) in [5.41, 5.74) is 1.54. The number of hydrogen-bond acceptors (Lipinski definition) is 3. The molecule has 0 bridgehead atoms. The molecule has 1 N–H and O–H groups in total. The molecule has 1 atom stereocenters. The molecule has 0 heterocycles. The fourth-order valence-electron chi connectivity index (χ4n) is 1.29. The smallest absolute Gasteiger partial charge is 0.246 e. The number of rotatable bonds is 6. The van der Waals surface area contributed by atoms with Gasteiger partial charge in [0.2, 0.25) is 5.91 Å². The van der Waals surface area contributed by atoms with Crippen LogP contribution >= 0.6 is 0 Å². The van der Waals surface area contributed by atoms with Crippen LogP contribution in [0.4, 0.5) is 0 Å². The van der Waals surface area contributed by atoms with Crippen molar-refractivity contribution >= 4 is 5.91 Å². The molecule has 0 fully saturated rings. The van der Waals surface area contributed by atoms with Crippen LogP contribution in [0.3, 0.4) is 0 Å². The molecule has 1 unspecified atom stereocenters. The average molecular weight is 244 g/mol. The largest absolute Gasteiger partial charge is 0.367 e. The first-order chi connectivity index (χ1) is 8.65. The fraction of sp³-hybridized carbons (Fsp3) is 0.286. The minimum absolute atomic E-state index is 0.0121. The van der Waals surface area contributed by atoms with Gasteiger partial charge in [0, 0.05) is 6.04 Å². The maximum atomic E-state index is 11.4. The topological polar surface area (TPSA) is 62.1 Å². The molecule has 0 radical (unpaired) electrons. The molecule has 0 saturated carbocycles. The van der Waals surface area contributed by atoms with Gasteiger partial charge in [-0.15, -0.1) is 6.58 Å². The van der Waals surface area contributed by atoms with Crippen LogP contribution in [0, 0.1) is 11.3 Å². The summed E-state index contributed by atoms with van der Waals surface area (Å²) in [6.45, 7) is 5.78. The Morgan fingerprint density at radius 3 is 2.78 bits per heavy atom. The third kappa shape index (κ3) is 4.81. The van der Waals surface area contributed by atoms with E-state index in [0.717, 1.165) is 5.56 Å². The minimum Gasteiger partial charge on any atom is -0.367 e. The van der Waals surface area contributed by atoms with E-state index >= 15 is 0 Å². The van der Waals surface area contributed by atoms with Gasteiger partial charge in [-0.25, -0.2) is 0 Å². The number of nitriles is 1. The van der Waals surface area contributed by atoms with Gasteiger partial charge in [-0.05, 0) is 24.6 Å². The van der Waals surface area contributed by atoms with Gasteiger partial charge >= 0.3 is 0 Å². The van der Waals surface area contributed by atoms with Crippen molar-refractivity contribution in [1.29, 1.82) is 5.26 Å². The van der Waals surface area contributed by atoms with Gasteiger partial charge in [0.05, 0.1) is 18.2 Å². The highest BCUT2D eigenvalue weighted by Crippen LogP contribution is 2.04. The predicted molar refractivity (Wildman–Crippen MR) is 68.6 cm³/mol. The van der Waals surface area contributed by atoms with Crippen molar-refractivity contribution < 1.29 is 9.53 Å². The third-order valence-corrected chi connectivity index (χ3v) is 2.33. The molecule has 1 aromatic carbocycles. The average Bonchev–Trinajstić information content (AvgIpc) is 2.39. The van der Waals surface area contributed by atoms with Crippen LogP contribution in [0.5, 0.6) is 0 Å². The zero-order valence-electron chi connectivity index (χ0n) is 10.3. The van der Waals surface area contributed by atoms with E-state index in [-0.39, 0.29) is 18.6 Å². The first-order valence-electron chi connectivity index (χ1n) is 5.64. The summed E-state index contributed by atoms with van der Waals surface area (Å²) in [5.74, 6) is -0.170. The van der Waals surface area contributed by atoms with Crippen molar-refractivity contribution in [2.75, 3.05) is 6.61 Å². The zero-order valence-corrected chi connectivity index (χ0v) is 10.3. The van der Waals surface area contributed by atoms with E-state index in [1.54, 1.807) is 18.2 Å². The summed E-state index contributed by atoms with van der Waals surface area (Å²) < 4.78 is 5.27. The molecule has 1 aromatic rings. The number of benzene rings is 1. The van der Waals surface area contributed by atoms with Crippen molar-refractivity contribution in [2.45, 2.75) is 19.6 Å². The highest BCUT2D eigenvalue weighted by molar-refractivity contribution is 5.77. The number of carbonyl (C=O) groups is 1. The lowest BCUT2D eigenvalue weighted by atomic mass is 10.2. The lowest BCUT2D eigenvalue weighted by molar-refractivity contribution is -0.126. The second kappa shape index (κ2) is 7.25. The molecule has 1 amide bonds. The predicted octanol–water partition coefficient (Wildman–Crippen LogP) is 1.77. The van der Waals surface area contributed by atoms with E-state index in [9.17, 15) is 4.79 Å². The monoisotopic (exact) mass is 244 g/mol. The van der Waals surface area contributed by atoms with E-state index < -0.39 is 0 Å². The van der Waals surface area contributed by atoms with E-state index in [4.69, 9.17) is 10.00 Å². The molecule has 1 rings (SSSR count). The highest BCUT2D eigenvalue weighted by Gasteiger charge is 2.04. The Morgan fingerprint density at radius 2 is 2.22 bits per heavy atom. The highest BCUT2D eigenvalue weighted by atomic mass is 16.5. The lowest BCUT2D eigenvalue weighted by Crippen LogP contribution is -2.33. The van der Waals surface area contributed by atoms with Gasteiger partial charge in [-0.1, -0.05) is 18.2 Å². The molecule has 4 nitrogen and oxygen atoms in total. The van der Waals surface area contributed by atoms with Crippen molar-refractivity contribution in [3.05, 3.63) is 48.0 Å². The molecule has 0 aliphatic heterocycles. The second-order valence-electron chi connectivity index (χ2n) is 3.89. The van der Waals surface area contributed by atoms with Crippen LogP contribution in [-0.4, -0.2) is 18.6 Å². The Labute approximate surface area is 107 Å². The normalized spacial score (nSPS) is 11.3. The number of amides is 1. The van der Waals surface area contributed by atoms with Crippen LogP contribution in [-0.2, 0) is 16.1 Å². The van der Waals surface area contributed by atoms with Crippen LogP contribution in [0.2, 0.25) is 0 Å². The molecule has 18 heavy (non-hydrogen) atoms. The van der Waals surface area contributed by atoms with Crippen molar-refractivity contribution in [3.63, 3.8) is 0 Å². The summed E-state index contributed by atoms with van der Waals surface area (Å²) in [5, 5.41) is 11.4. The van der Waals surface area contributed by atoms with Crippen LogP contribution in [0.15, 0.2) is 36.9 Å². The molecule has 0 saturated heterocycles. The van der Waals surface area contributed by atoms with Gasteiger partial charge in [0.1, 0.15) is 6.61 Å². The van der Waals surface area contributed by atoms with Crippen LogP contribution < -0.4 is 5.32 Å². The number of nitrogens with zero attached hydrogens (tertiary/aromatic N) is 1. The number of carbonyl (C=O) groups excluding carboxylic acids is 1. The summed E-state index contributed by atoms with van der Waals surface area (Å²) in [6.07, 6.45) is 1.65. The maximum absolute atomic E-state index is 11.4. The molecule has 0 spiro atoms. The van der Waals surface area contributed by atoms with Crippen LogP contribution in [0.25, 0.3) is 0 Å². The standard InChI is InChI=1S/C14H16N2O2/c1-3-11(2)16-14(17)10-18-9-13-6-4-12(8-15)5-7-13/h3-7,11H,1,9-10H2,2H3,(H,16,17). The van der Waals surface area contributed by atoms with Crippen molar-refractivity contribution in [3.8, 4) is 6.07 Å². The van der Waals surface area contributed by atoms with E-state index in [2.05, 4.69) is 11.9 Å². The molecular weight excluding hydrogens is 228 g/mol. The van der Waals surface area contributed by atoms with Gasteiger partial charge in [0.25, 0.3) is 0 Å². The van der Waals surface area contributed by atoms with Gasteiger partial charge in [-0.3, -0.25) is 4.79 Å². The Bertz CT molecular complexity index is 446. The number of hydrogen-bond donors (Lipinski definition) is 1. The molecular formula is C14H16N2O2. The zero-order chi connectivity index (χ0) is 13.4. The Kier molecular flexibility index (Phi) is 5.62. The van der Waals surface area contributed by atoms with Gasteiger partial charge in [0.15, 0.2) is 0 Å². The van der Waals surface area contributed by atoms with Crippen LogP contribution in [0.1, 0.15) is 18.1 Å². The summed E-state index contributed by atoms with van der Waals surface area (Å²) in [6, 6.07) is 9.04. The molecule has 0 aliphatic rings. The van der Waals surface area contributed by atoms with Crippen molar-refractivity contribution in [1.82, 2.24) is 5.32 Å². The molecule has 0 aromatic heterocycles. The molecule has 0 aliphatic carbocycles.